The zero-order chi connectivity index (χ0) is 14.7. The van der Waals surface area contributed by atoms with Crippen molar-refractivity contribution in [1.82, 2.24) is 15.0 Å². The molecule has 0 atom stereocenters. The molecule has 2 aromatic carbocycles. The second kappa shape index (κ2) is 5.62. The van der Waals surface area contributed by atoms with Crippen LogP contribution in [0, 0.1) is 0 Å². The Morgan fingerprint density at radius 2 is 2.00 bits per heavy atom. The van der Waals surface area contributed by atoms with Gasteiger partial charge in [-0.1, -0.05) is 35.5 Å². The van der Waals surface area contributed by atoms with E-state index in [2.05, 4.69) is 15.0 Å². The van der Waals surface area contributed by atoms with E-state index in [4.69, 9.17) is 4.74 Å². The molecular weight excluding hydrogens is 270 g/mol. The van der Waals surface area contributed by atoms with Crippen molar-refractivity contribution in [3.05, 3.63) is 54.4 Å². The summed E-state index contributed by atoms with van der Waals surface area (Å²) in [5.74, 6) is 0.204. The van der Waals surface area contributed by atoms with Crippen LogP contribution in [0.25, 0.3) is 10.8 Å². The summed E-state index contributed by atoms with van der Waals surface area (Å²) in [5.41, 5.74) is 0.152. The van der Waals surface area contributed by atoms with E-state index >= 15 is 0 Å². The van der Waals surface area contributed by atoms with Crippen LogP contribution in [0.4, 0.5) is 0 Å². The van der Waals surface area contributed by atoms with Crippen molar-refractivity contribution in [2.24, 2.45) is 0 Å². The van der Waals surface area contributed by atoms with Crippen LogP contribution < -0.4 is 4.74 Å². The summed E-state index contributed by atoms with van der Waals surface area (Å²) in [6.07, 6.45) is 1.48. The second-order valence-electron chi connectivity index (χ2n) is 4.42. The molecule has 1 heterocycles. The number of hydrogen-bond donors (Lipinski definition) is 0. The largest absolute Gasteiger partial charge is 0.471 e. The Hall–Kier alpha value is -2.89. The summed E-state index contributed by atoms with van der Waals surface area (Å²) in [5, 5.41) is 9.76. The first-order chi connectivity index (χ1) is 10.3. The molecule has 3 aromatic rings. The predicted molar refractivity (Wildman–Crippen MR) is 75.9 cm³/mol. The fraction of sp³-hybridized carbons (Fsp3) is 0.133. The maximum atomic E-state index is 11.3. The fourth-order valence-corrected chi connectivity index (χ4v) is 1.96. The number of carbonyl (C=O) groups is 1. The van der Waals surface area contributed by atoms with E-state index in [1.807, 2.05) is 42.5 Å². The third-order valence-electron chi connectivity index (χ3n) is 3.02. The van der Waals surface area contributed by atoms with Crippen molar-refractivity contribution < 1.29 is 14.3 Å². The minimum absolute atomic E-state index is 0.152. The van der Waals surface area contributed by atoms with Gasteiger partial charge in [0.25, 0.3) is 0 Å². The van der Waals surface area contributed by atoms with Crippen molar-refractivity contribution >= 4 is 16.7 Å². The Balaban J connectivity index is 1.71. The van der Waals surface area contributed by atoms with Crippen LogP contribution in [-0.4, -0.2) is 28.1 Å². The van der Waals surface area contributed by atoms with Crippen LogP contribution >= 0.6 is 0 Å². The van der Waals surface area contributed by atoms with Gasteiger partial charge in [0.15, 0.2) is 12.4 Å². The lowest BCUT2D eigenvalue weighted by atomic mass is 10.1. The first kappa shape index (κ1) is 13.1. The molecule has 0 spiro atoms. The number of hydrogen-bond acceptors (Lipinski definition) is 5. The molecule has 0 saturated heterocycles. The molecule has 1 aromatic heterocycles. The Bertz CT molecular complexity index is 782. The normalized spacial score (nSPS) is 10.5. The maximum Gasteiger partial charge on any atom is 0.360 e. The van der Waals surface area contributed by atoms with Crippen LogP contribution in [-0.2, 0) is 11.5 Å². The molecular formula is C15H13N3O3. The topological polar surface area (TPSA) is 66.2 Å². The summed E-state index contributed by atoms with van der Waals surface area (Å²) in [7, 11) is 1.30. The molecule has 0 aliphatic carbocycles. The molecule has 6 nitrogen and oxygen atoms in total. The highest BCUT2D eigenvalue weighted by atomic mass is 16.5. The molecule has 0 fully saturated rings. The fourth-order valence-electron chi connectivity index (χ4n) is 1.96. The maximum absolute atomic E-state index is 11.3. The Labute approximate surface area is 120 Å². The zero-order valence-corrected chi connectivity index (χ0v) is 11.4. The minimum atomic E-state index is -0.521. The molecule has 0 amide bonds. The first-order valence-electron chi connectivity index (χ1n) is 6.36. The van der Waals surface area contributed by atoms with Gasteiger partial charge in [-0.25, -0.2) is 9.48 Å². The van der Waals surface area contributed by atoms with Gasteiger partial charge in [0.2, 0.25) is 0 Å². The van der Waals surface area contributed by atoms with Gasteiger partial charge in [0, 0.05) is 0 Å². The van der Waals surface area contributed by atoms with Crippen molar-refractivity contribution in [3.8, 4) is 5.75 Å². The average molecular weight is 283 g/mol. The van der Waals surface area contributed by atoms with E-state index in [9.17, 15) is 4.79 Å². The molecule has 0 saturated carbocycles. The lowest BCUT2D eigenvalue weighted by molar-refractivity contribution is 0.0594. The molecule has 0 aliphatic rings. The quantitative estimate of drug-likeness (QED) is 0.687. The highest BCUT2D eigenvalue weighted by Gasteiger charge is 2.10. The summed E-state index contributed by atoms with van der Waals surface area (Å²) >= 11 is 0. The van der Waals surface area contributed by atoms with Crippen molar-refractivity contribution in [3.63, 3.8) is 0 Å². The number of fused-ring (bicyclic) bond motifs is 1. The zero-order valence-electron chi connectivity index (χ0n) is 11.4. The number of nitrogens with zero attached hydrogens (tertiary/aromatic N) is 3. The molecule has 0 N–H and O–H groups in total. The molecule has 3 rings (SSSR count). The van der Waals surface area contributed by atoms with E-state index in [1.54, 1.807) is 0 Å². The molecule has 21 heavy (non-hydrogen) atoms. The monoisotopic (exact) mass is 283 g/mol. The summed E-state index contributed by atoms with van der Waals surface area (Å²) < 4.78 is 11.6. The van der Waals surface area contributed by atoms with E-state index in [0.717, 1.165) is 16.5 Å². The van der Waals surface area contributed by atoms with Crippen LogP contribution in [0.15, 0.2) is 48.7 Å². The van der Waals surface area contributed by atoms with Gasteiger partial charge in [0.1, 0.15) is 5.75 Å². The molecule has 0 unspecified atom stereocenters. The number of methoxy groups -OCH3 is 1. The van der Waals surface area contributed by atoms with E-state index in [1.165, 1.54) is 18.0 Å². The number of esters is 1. The SMILES string of the molecule is COC(=O)c1cn(COc2ccc3ccccc3c2)nn1. The van der Waals surface area contributed by atoms with Crippen molar-refractivity contribution in [1.29, 1.82) is 0 Å². The molecule has 0 aliphatic heterocycles. The molecule has 6 heteroatoms. The summed E-state index contributed by atoms with van der Waals surface area (Å²) in [6, 6.07) is 13.9. The van der Waals surface area contributed by atoms with Gasteiger partial charge < -0.3 is 9.47 Å². The number of ether oxygens (including phenoxy) is 2. The lowest BCUT2D eigenvalue weighted by Crippen LogP contribution is -2.06. The number of carbonyl (C=O) groups excluding carboxylic acids is 1. The van der Waals surface area contributed by atoms with Gasteiger partial charge in [0.05, 0.1) is 13.3 Å². The Morgan fingerprint density at radius 1 is 1.19 bits per heavy atom. The lowest BCUT2D eigenvalue weighted by Gasteiger charge is -2.06. The molecule has 0 bridgehead atoms. The average Bonchev–Trinajstić information content (AvgIpc) is 3.01. The van der Waals surface area contributed by atoms with Crippen LogP contribution in [0.3, 0.4) is 0 Å². The molecule has 106 valence electrons. The first-order valence-corrected chi connectivity index (χ1v) is 6.36. The van der Waals surface area contributed by atoms with Crippen LogP contribution in [0.2, 0.25) is 0 Å². The Morgan fingerprint density at radius 3 is 2.81 bits per heavy atom. The van der Waals surface area contributed by atoms with Gasteiger partial charge in [-0.3, -0.25) is 0 Å². The number of benzene rings is 2. The Kier molecular flexibility index (Phi) is 3.51. The van der Waals surface area contributed by atoms with Crippen LogP contribution in [0.1, 0.15) is 10.5 Å². The highest BCUT2D eigenvalue weighted by Crippen LogP contribution is 2.20. The van der Waals surface area contributed by atoms with E-state index < -0.39 is 5.97 Å². The third kappa shape index (κ3) is 2.84. The van der Waals surface area contributed by atoms with E-state index in [0.29, 0.717) is 0 Å². The standard InChI is InChI=1S/C15H13N3O3/c1-20-15(19)14-9-18(17-16-14)10-21-13-7-6-11-4-2-3-5-12(11)8-13/h2-9H,10H2,1H3. The van der Waals surface area contributed by atoms with E-state index in [-0.39, 0.29) is 12.4 Å². The highest BCUT2D eigenvalue weighted by molar-refractivity contribution is 5.86. The van der Waals surface area contributed by atoms with Crippen LogP contribution in [0.5, 0.6) is 5.75 Å². The summed E-state index contributed by atoms with van der Waals surface area (Å²) in [6.45, 7) is 0.169. The van der Waals surface area contributed by atoms with Gasteiger partial charge in [-0.15, -0.1) is 5.10 Å². The second-order valence-corrected chi connectivity index (χ2v) is 4.42. The van der Waals surface area contributed by atoms with Gasteiger partial charge >= 0.3 is 5.97 Å². The van der Waals surface area contributed by atoms with Gasteiger partial charge in [-0.2, -0.15) is 0 Å². The number of aromatic nitrogens is 3. The van der Waals surface area contributed by atoms with Gasteiger partial charge in [-0.05, 0) is 22.9 Å². The third-order valence-corrected chi connectivity index (χ3v) is 3.02. The molecule has 0 radical (unpaired) electrons. The van der Waals surface area contributed by atoms with Crippen molar-refractivity contribution in [2.45, 2.75) is 6.73 Å². The minimum Gasteiger partial charge on any atom is -0.471 e. The smallest absolute Gasteiger partial charge is 0.360 e. The van der Waals surface area contributed by atoms with Crippen molar-refractivity contribution in [2.75, 3.05) is 7.11 Å². The number of rotatable bonds is 4. The summed E-state index contributed by atoms with van der Waals surface area (Å²) in [4.78, 5) is 11.3. The predicted octanol–water partition coefficient (Wildman–Crippen LogP) is 2.25.